The Labute approximate surface area is 114 Å². The summed E-state index contributed by atoms with van der Waals surface area (Å²) in [6, 6.07) is 11.9. The smallest absolute Gasteiger partial charge is 0.238 e. The number of hydrogen-bond acceptors (Lipinski definition) is 3. The summed E-state index contributed by atoms with van der Waals surface area (Å²) < 4.78 is 13.9. The molecule has 0 aliphatic carbocycles. The zero-order valence-electron chi connectivity index (χ0n) is 9.99. The van der Waals surface area contributed by atoms with Crippen LogP contribution in [0.15, 0.2) is 48.7 Å². The highest BCUT2D eigenvalue weighted by Crippen LogP contribution is 2.41. The summed E-state index contributed by atoms with van der Waals surface area (Å²) in [4.78, 5) is 17.8. The minimum Gasteiger partial charge on any atom is -0.291 e. The monoisotopic (exact) mass is 274 g/mol. The molecule has 19 heavy (non-hydrogen) atoms. The van der Waals surface area contributed by atoms with Crippen LogP contribution in [0.3, 0.4) is 0 Å². The lowest BCUT2D eigenvalue weighted by Crippen LogP contribution is -2.29. The predicted molar refractivity (Wildman–Crippen MR) is 73.3 cm³/mol. The first-order valence-corrected chi connectivity index (χ1v) is 6.91. The van der Waals surface area contributed by atoms with Crippen molar-refractivity contribution in [2.45, 2.75) is 5.37 Å². The second-order valence-electron chi connectivity index (χ2n) is 4.13. The molecule has 1 saturated heterocycles. The number of nitrogens with zero attached hydrogens (tertiary/aromatic N) is 2. The Hall–Kier alpha value is -1.88. The van der Waals surface area contributed by atoms with Crippen LogP contribution in [0.2, 0.25) is 0 Å². The number of carbonyl (C=O) groups is 1. The Balaban J connectivity index is 2.03. The normalized spacial score (nSPS) is 18.9. The van der Waals surface area contributed by atoms with Crippen molar-refractivity contribution in [3.8, 4) is 0 Å². The number of amides is 1. The standard InChI is InChI=1S/C14H11FN2OS/c15-10-5-1-2-7-12(10)17-13(18)9-19-14(17)11-6-3-4-8-16-11/h1-8,14H,9H2/t14-/m0/s1. The van der Waals surface area contributed by atoms with Crippen LogP contribution in [0, 0.1) is 5.82 Å². The number of rotatable bonds is 2. The Kier molecular flexibility index (Phi) is 3.21. The van der Waals surface area contributed by atoms with E-state index in [1.54, 1.807) is 24.4 Å². The van der Waals surface area contributed by atoms with E-state index in [1.807, 2.05) is 18.2 Å². The van der Waals surface area contributed by atoms with Crippen LogP contribution in [0.5, 0.6) is 0 Å². The van der Waals surface area contributed by atoms with Crippen LogP contribution in [-0.4, -0.2) is 16.6 Å². The molecule has 0 N–H and O–H groups in total. The van der Waals surface area contributed by atoms with E-state index < -0.39 is 0 Å². The fourth-order valence-corrected chi connectivity index (χ4v) is 3.20. The zero-order chi connectivity index (χ0) is 13.2. The summed E-state index contributed by atoms with van der Waals surface area (Å²) in [5.74, 6) is -0.139. The molecule has 2 heterocycles. The van der Waals surface area contributed by atoms with Crippen molar-refractivity contribution in [3.63, 3.8) is 0 Å². The molecule has 3 rings (SSSR count). The van der Waals surface area contributed by atoms with Crippen LogP contribution in [0.1, 0.15) is 11.1 Å². The number of aromatic nitrogens is 1. The first-order chi connectivity index (χ1) is 9.27. The van der Waals surface area contributed by atoms with Crippen LogP contribution in [-0.2, 0) is 4.79 Å². The highest BCUT2D eigenvalue weighted by Gasteiger charge is 2.35. The Bertz CT molecular complexity index is 605. The van der Waals surface area contributed by atoms with Gasteiger partial charge in [-0.05, 0) is 24.3 Å². The van der Waals surface area contributed by atoms with Gasteiger partial charge in [-0.15, -0.1) is 11.8 Å². The van der Waals surface area contributed by atoms with Crippen molar-refractivity contribution in [1.82, 2.24) is 4.98 Å². The van der Waals surface area contributed by atoms with E-state index >= 15 is 0 Å². The third kappa shape index (κ3) is 2.21. The summed E-state index contributed by atoms with van der Waals surface area (Å²) in [5, 5.41) is -0.259. The van der Waals surface area contributed by atoms with Gasteiger partial charge in [-0.1, -0.05) is 18.2 Å². The molecule has 1 atom stereocenters. The maximum atomic E-state index is 13.9. The van der Waals surface area contributed by atoms with Gasteiger partial charge in [0, 0.05) is 6.20 Å². The van der Waals surface area contributed by atoms with Crippen molar-refractivity contribution < 1.29 is 9.18 Å². The van der Waals surface area contributed by atoms with Gasteiger partial charge in [0.1, 0.15) is 11.2 Å². The highest BCUT2D eigenvalue weighted by molar-refractivity contribution is 8.00. The minimum atomic E-state index is -0.390. The van der Waals surface area contributed by atoms with Gasteiger partial charge in [-0.25, -0.2) is 4.39 Å². The van der Waals surface area contributed by atoms with Gasteiger partial charge in [0.2, 0.25) is 5.91 Å². The molecule has 1 amide bonds. The van der Waals surface area contributed by atoms with E-state index in [-0.39, 0.29) is 17.1 Å². The maximum Gasteiger partial charge on any atom is 0.238 e. The highest BCUT2D eigenvalue weighted by atomic mass is 32.2. The Morgan fingerprint density at radius 1 is 1.21 bits per heavy atom. The minimum absolute atomic E-state index is 0.0919. The second kappa shape index (κ2) is 5.01. The SMILES string of the molecule is O=C1CS[C@@H](c2ccccn2)N1c1ccccc1F. The summed E-state index contributed by atoms with van der Waals surface area (Å²) >= 11 is 1.46. The van der Waals surface area contributed by atoms with E-state index in [2.05, 4.69) is 4.98 Å². The topological polar surface area (TPSA) is 33.2 Å². The van der Waals surface area contributed by atoms with E-state index in [0.717, 1.165) is 5.69 Å². The van der Waals surface area contributed by atoms with Crippen molar-refractivity contribution in [2.75, 3.05) is 10.7 Å². The first-order valence-electron chi connectivity index (χ1n) is 5.86. The molecule has 1 aromatic heterocycles. The molecule has 0 saturated carbocycles. The van der Waals surface area contributed by atoms with E-state index in [0.29, 0.717) is 11.4 Å². The molecule has 0 unspecified atom stereocenters. The van der Waals surface area contributed by atoms with Gasteiger partial charge in [-0.3, -0.25) is 14.7 Å². The molecule has 0 bridgehead atoms. The summed E-state index contributed by atoms with van der Waals surface area (Å²) in [5.41, 5.74) is 1.08. The molecule has 1 aliphatic heterocycles. The Morgan fingerprint density at radius 2 is 2.00 bits per heavy atom. The van der Waals surface area contributed by atoms with Crippen molar-refractivity contribution >= 4 is 23.4 Å². The first kappa shape index (κ1) is 12.2. The van der Waals surface area contributed by atoms with Gasteiger partial charge < -0.3 is 0 Å². The summed E-state index contributed by atoms with van der Waals surface area (Å²) in [7, 11) is 0. The fraction of sp³-hybridized carbons (Fsp3) is 0.143. The second-order valence-corrected chi connectivity index (χ2v) is 5.20. The summed E-state index contributed by atoms with van der Waals surface area (Å²) in [6.45, 7) is 0. The Morgan fingerprint density at radius 3 is 2.74 bits per heavy atom. The molecule has 3 nitrogen and oxygen atoms in total. The van der Waals surface area contributed by atoms with Gasteiger partial charge in [0.05, 0.1) is 17.1 Å². The number of pyridine rings is 1. The average molecular weight is 274 g/mol. The van der Waals surface area contributed by atoms with E-state index in [1.165, 1.54) is 22.7 Å². The largest absolute Gasteiger partial charge is 0.291 e. The molecular formula is C14H11FN2OS. The quantitative estimate of drug-likeness (QED) is 0.844. The van der Waals surface area contributed by atoms with Crippen molar-refractivity contribution in [2.24, 2.45) is 0 Å². The van der Waals surface area contributed by atoms with Crippen LogP contribution in [0.25, 0.3) is 0 Å². The number of halogens is 1. The zero-order valence-corrected chi connectivity index (χ0v) is 10.8. The lowest BCUT2D eigenvalue weighted by molar-refractivity contribution is -0.115. The number of hydrogen-bond donors (Lipinski definition) is 0. The van der Waals surface area contributed by atoms with Crippen molar-refractivity contribution in [3.05, 3.63) is 60.2 Å². The molecule has 0 spiro atoms. The molecule has 1 aliphatic rings. The average Bonchev–Trinajstić information content (AvgIpc) is 2.82. The molecular weight excluding hydrogens is 263 g/mol. The molecule has 0 radical (unpaired) electrons. The number of thioether (sulfide) groups is 1. The van der Waals surface area contributed by atoms with Gasteiger partial charge in [-0.2, -0.15) is 0 Å². The molecule has 5 heteroatoms. The molecule has 2 aromatic rings. The number of carbonyl (C=O) groups excluding carboxylic acids is 1. The third-order valence-electron chi connectivity index (χ3n) is 2.92. The predicted octanol–water partition coefficient (Wildman–Crippen LogP) is 3.00. The van der Waals surface area contributed by atoms with Crippen LogP contribution in [0.4, 0.5) is 10.1 Å². The summed E-state index contributed by atoms with van der Waals surface area (Å²) in [6.07, 6.45) is 1.68. The molecule has 1 fully saturated rings. The van der Waals surface area contributed by atoms with Gasteiger partial charge >= 0.3 is 0 Å². The lowest BCUT2D eigenvalue weighted by Gasteiger charge is -2.23. The number of benzene rings is 1. The molecule has 1 aromatic carbocycles. The van der Waals surface area contributed by atoms with E-state index in [4.69, 9.17) is 0 Å². The number of anilines is 1. The van der Waals surface area contributed by atoms with Crippen LogP contribution >= 0.6 is 11.8 Å². The van der Waals surface area contributed by atoms with Gasteiger partial charge in [0.25, 0.3) is 0 Å². The third-order valence-corrected chi connectivity index (χ3v) is 4.10. The lowest BCUT2D eigenvalue weighted by atomic mass is 10.2. The van der Waals surface area contributed by atoms with Gasteiger partial charge in [0.15, 0.2) is 0 Å². The fourth-order valence-electron chi connectivity index (χ4n) is 2.07. The van der Waals surface area contributed by atoms with Crippen LogP contribution < -0.4 is 4.90 Å². The van der Waals surface area contributed by atoms with E-state index in [9.17, 15) is 9.18 Å². The number of para-hydroxylation sites is 1. The maximum absolute atomic E-state index is 13.9. The van der Waals surface area contributed by atoms with Crippen molar-refractivity contribution in [1.29, 1.82) is 0 Å². The molecule has 96 valence electrons.